The van der Waals surface area contributed by atoms with Crippen molar-refractivity contribution in [2.75, 3.05) is 17.6 Å². The molecule has 1 aromatic rings. The Bertz CT molecular complexity index is 446. The van der Waals surface area contributed by atoms with Crippen LogP contribution in [0.25, 0.3) is 0 Å². The smallest absolute Gasteiger partial charge is 0.165 e. The normalized spacial score (nSPS) is 17.6. The van der Waals surface area contributed by atoms with Gasteiger partial charge in [0.25, 0.3) is 0 Å². The van der Waals surface area contributed by atoms with Crippen LogP contribution in [0, 0.1) is 11.3 Å². The largest absolute Gasteiger partial charge is 0.396 e. The predicted octanol–water partition coefficient (Wildman–Crippen LogP) is 1.25. The number of nitrogens with two attached hydrogens (primary N) is 1. The van der Waals surface area contributed by atoms with Gasteiger partial charge in [-0.25, -0.2) is 4.98 Å². The van der Waals surface area contributed by atoms with Crippen molar-refractivity contribution in [2.24, 2.45) is 0 Å². The molecule has 5 nitrogen and oxygen atoms in total. The van der Waals surface area contributed by atoms with Gasteiger partial charge in [-0.1, -0.05) is 12.8 Å². The van der Waals surface area contributed by atoms with Crippen LogP contribution < -0.4 is 11.1 Å². The quantitative estimate of drug-likeness (QED) is 0.729. The summed E-state index contributed by atoms with van der Waals surface area (Å²) in [5.41, 5.74) is 5.54. The molecule has 1 heterocycles. The number of hydrogen-bond donors (Lipinski definition) is 3. The lowest BCUT2D eigenvalue weighted by molar-refractivity contribution is 0.0614. The summed E-state index contributed by atoms with van der Waals surface area (Å²) < 4.78 is 0. The van der Waals surface area contributed by atoms with E-state index < -0.39 is 5.60 Å². The molecule has 17 heavy (non-hydrogen) atoms. The third kappa shape index (κ3) is 2.66. The van der Waals surface area contributed by atoms with Crippen molar-refractivity contribution in [2.45, 2.75) is 31.3 Å². The molecule has 0 radical (unpaired) electrons. The molecule has 4 N–H and O–H groups in total. The summed E-state index contributed by atoms with van der Waals surface area (Å²) in [6, 6.07) is 5.30. The molecule has 0 saturated heterocycles. The lowest BCUT2D eigenvalue weighted by atomic mass is 10.0. The van der Waals surface area contributed by atoms with Gasteiger partial charge >= 0.3 is 0 Å². The van der Waals surface area contributed by atoms with E-state index in [1.54, 1.807) is 12.1 Å². The van der Waals surface area contributed by atoms with Crippen LogP contribution in [0.4, 0.5) is 11.5 Å². The van der Waals surface area contributed by atoms with E-state index >= 15 is 0 Å². The maximum Gasteiger partial charge on any atom is 0.165 e. The van der Waals surface area contributed by atoms with Crippen LogP contribution in [0.5, 0.6) is 0 Å². The zero-order valence-electron chi connectivity index (χ0n) is 9.61. The Morgan fingerprint density at radius 3 is 2.82 bits per heavy atom. The van der Waals surface area contributed by atoms with Gasteiger partial charge in [0, 0.05) is 6.54 Å². The summed E-state index contributed by atoms with van der Waals surface area (Å²) in [5.74, 6) is 0.580. The van der Waals surface area contributed by atoms with E-state index in [0.29, 0.717) is 18.1 Å². The molecule has 0 bridgehead atoms. The van der Waals surface area contributed by atoms with E-state index in [1.165, 1.54) is 0 Å². The van der Waals surface area contributed by atoms with Crippen molar-refractivity contribution >= 4 is 11.5 Å². The van der Waals surface area contributed by atoms with E-state index in [0.717, 1.165) is 25.7 Å². The summed E-state index contributed by atoms with van der Waals surface area (Å²) in [5, 5.41) is 22.0. The molecule has 0 aromatic carbocycles. The van der Waals surface area contributed by atoms with Crippen molar-refractivity contribution in [1.82, 2.24) is 4.98 Å². The summed E-state index contributed by atoms with van der Waals surface area (Å²) in [7, 11) is 0. The van der Waals surface area contributed by atoms with E-state index in [2.05, 4.69) is 10.3 Å². The van der Waals surface area contributed by atoms with Gasteiger partial charge in [-0.15, -0.1) is 0 Å². The fourth-order valence-electron chi connectivity index (χ4n) is 2.12. The molecule has 0 amide bonds. The molecule has 1 aliphatic carbocycles. The van der Waals surface area contributed by atoms with Gasteiger partial charge in [0.2, 0.25) is 0 Å². The lowest BCUT2D eigenvalue weighted by Crippen LogP contribution is -2.33. The molecule has 0 unspecified atom stereocenters. The Morgan fingerprint density at radius 1 is 1.47 bits per heavy atom. The number of nitrogen functional groups attached to an aromatic ring is 1. The van der Waals surface area contributed by atoms with Crippen molar-refractivity contribution in [1.29, 1.82) is 5.26 Å². The molecule has 2 rings (SSSR count). The first-order valence-corrected chi connectivity index (χ1v) is 5.76. The Morgan fingerprint density at radius 2 is 2.18 bits per heavy atom. The summed E-state index contributed by atoms with van der Waals surface area (Å²) in [4.78, 5) is 4.07. The second kappa shape index (κ2) is 4.60. The van der Waals surface area contributed by atoms with Crippen molar-refractivity contribution in [3.8, 4) is 6.07 Å². The molecule has 0 atom stereocenters. The molecular weight excluding hydrogens is 216 g/mol. The monoisotopic (exact) mass is 232 g/mol. The van der Waals surface area contributed by atoms with Crippen molar-refractivity contribution < 1.29 is 5.11 Å². The number of hydrogen-bond acceptors (Lipinski definition) is 5. The molecule has 1 saturated carbocycles. The van der Waals surface area contributed by atoms with E-state index in [4.69, 9.17) is 11.0 Å². The van der Waals surface area contributed by atoms with Crippen LogP contribution in [0.1, 0.15) is 31.4 Å². The number of rotatable bonds is 3. The summed E-state index contributed by atoms with van der Waals surface area (Å²) in [6.45, 7) is 0.467. The number of anilines is 2. The maximum absolute atomic E-state index is 10.2. The van der Waals surface area contributed by atoms with Gasteiger partial charge in [-0.2, -0.15) is 5.26 Å². The minimum Gasteiger partial charge on any atom is -0.396 e. The van der Waals surface area contributed by atoms with Crippen LogP contribution in [0.3, 0.4) is 0 Å². The van der Waals surface area contributed by atoms with Gasteiger partial charge < -0.3 is 16.2 Å². The molecule has 90 valence electrons. The zero-order chi connectivity index (χ0) is 12.3. The number of nitriles is 1. The lowest BCUT2D eigenvalue weighted by Gasteiger charge is -2.22. The van der Waals surface area contributed by atoms with Gasteiger partial charge in [0.1, 0.15) is 11.9 Å². The predicted molar refractivity (Wildman–Crippen MR) is 65.3 cm³/mol. The average molecular weight is 232 g/mol. The zero-order valence-corrected chi connectivity index (χ0v) is 9.61. The minimum absolute atomic E-state index is 0.216. The third-order valence-electron chi connectivity index (χ3n) is 3.17. The third-order valence-corrected chi connectivity index (χ3v) is 3.17. The topological polar surface area (TPSA) is 95.0 Å². The second-order valence-electron chi connectivity index (χ2n) is 4.53. The Kier molecular flexibility index (Phi) is 3.16. The molecule has 0 aliphatic heterocycles. The second-order valence-corrected chi connectivity index (χ2v) is 4.53. The summed E-state index contributed by atoms with van der Waals surface area (Å²) in [6.07, 6.45) is 3.77. The fraction of sp³-hybridized carbons (Fsp3) is 0.500. The van der Waals surface area contributed by atoms with E-state index in [1.807, 2.05) is 6.07 Å². The van der Waals surface area contributed by atoms with Gasteiger partial charge in [0.05, 0.1) is 11.3 Å². The molecule has 5 heteroatoms. The van der Waals surface area contributed by atoms with Crippen molar-refractivity contribution in [3.63, 3.8) is 0 Å². The van der Waals surface area contributed by atoms with E-state index in [9.17, 15) is 5.11 Å². The van der Waals surface area contributed by atoms with Crippen LogP contribution in [-0.4, -0.2) is 22.2 Å². The van der Waals surface area contributed by atoms with Gasteiger partial charge in [-0.05, 0) is 25.0 Å². The van der Waals surface area contributed by atoms with E-state index in [-0.39, 0.29) is 5.69 Å². The van der Waals surface area contributed by atoms with Crippen LogP contribution in [0.2, 0.25) is 0 Å². The highest BCUT2D eigenvalue weighted by atomic mass is 16.3. The van der Waals surface area contributed by atoms with Crippen LogP contribution in [-0.2, 0) is 0 Å². The highest BCUT2D eigenvalue weighted by Crippen LogP contribution is 2.29. The molecule has 1 aliphatic rings. The average Bonchev–Trinajstić information content (AvgIpc) is 2.76. The Hall–Kier alpha value is -1.80. The molecule has 1 fully saturated rings. The van der Waals surface area contributed by atoms with Gasteiger partial charge in [-0.3, -0.25) is 0 Å². The summed E-state index contributed by atoms with van der Waals surface area (Å²) >= 11 is 0. The number of nitrogens with zero attached hydrogens (tertiary/aromatic N) is 2. The Labute approximate surface area is 100 Å². The molecule has 0 spiro atoms. The number of aliphatic hydroxyl groups is 1. The first-order chi connectivity index (χ1) is 8.13. The molecular formula is C12H16N4O. The van der Waals surface area contributed by atoms with Crippen molar-refractivity contribution in [3.05, 3.63) is 17.8 Å². The fourth-order valence-corrected chi connectivity index (χ4v) is 2.12. The highest BCUT2D eigenvalue weighted by molar-refractivity contribution is 5.54. The minimum atomic E-state index is -0.629. The number of aromatic nitrogens is 1. The first kappa shape index (κ1) is 11.7. The Balaban J connectivity index is 2.02. The number of pyridine rings is 1. The highest BCUT2D eigenvalue weighted by Gasteiger charge is 2.30. The van der Waals surface area contributed by atoms with Crippen LogP contribution in [0.15, 0.2) is 12.1 Å². The molecule has 1 aromatic heterocycles. The number of nitrogens with one attached hydrogen (secondary N) is 1. The SMILES string of the molecule is N#Cc1nc(NCC2(O)CCCC2)ccc1N. The van der Waals surface area contributed by atoms with Gasteiger partial charge in [0.15, 0.2) is 5.69 Å². The standard InChI is InChI=1S/C12H16N4O/c13-7-10-9(14)3-4-11(16-10)15-8-12(17)5-1-2-6-12/h3-4,17H,1-2,5-6,8,14H2,(H,15,16). The maximum atomic E-state index is 10.2. The first-order valence-electron chi connectivity index (χ1n) is 5.76. The van der Waals surface area contributed by atoms with Crippen LogP contribution >= 0.6 is 0 Å².